The summed E-state index contributed by atoms with van der Waals surface area (Å²) in [5.74, 6) is 0.457. The molecule has 0 atom stereocenters. The zero-order chi connectivity index (χ0) is 10.1. The Morgan fingerprint density at radius 3 is 1.94 bits per heavy atom. The first-order chi connectivity index (χ1) is 5.97. The fourth-order valence-corrected chi connectivity index (χ4v) is 1.26. The largest absolute Gasteiger partial charge is 0.508 e. The quantitative estimate of drug-likeness (QED) is 0.519. The van der Waals surface area contributed by atoms with Crippen LogP contribution < -0.4 is 0 Å². The molecule has 1 aromatic carbocycles. The van der Waals surface area contributed by atoms with Gasteiger partial charge in [-0.15, -0.1) is 0 Å². The average molecular weight is 580 g/mol. The van der Waals surface area contributed by atoms with Crippen LogP contribution in [0, 0.1) is 0 Å². The van der Waals surface area contributed by atoms with E-state index in [0.29, 0.717) is 0 Å². The van der Waals surface area contributed by atoms with Crippen molar-refractivity contribution in [3.8, 4) is 11.5 Å². The molecule has 0 radical (unpaired) electrons. The van der Waals surface area contributed by atoms with Gasteiger partial charge in [0, 0.05) is 47.7 Å². The standard InChI is InChI=1S/C11H16O2.2CH4.2W/c1-4-11(2,3)9-7-8(12)5-6-10(9)13;;;;/h5-7,12-13H,4H2,1-3H3;2*1H4;;. The van der Waals surface area contributed by atoms with Gasteiger partial charge in [0.15, 0.2) is 0 Å². The minimum atomic E-state index is -0.0944. The molecule has 2 N–H and O–H groups in total. The first-order valence-corrected chi connectivity index (χ1v) is 4.50. The Hall–Kier alpha value is 0.197. The number of benzene rings is 1. The molecule has 0 heterocycles. The minimum Gasteiger partial charge on any atom is -0.508 e. The van der Waals surface area contributed by atoms with Crippen molar-refractivity contribution in [2.75, 3.05) is 0 Å². The minimum absolute atomic E-state index is 0. The van der Waals surface area contributed by atoms with E-state index in [1.807, 2.05) is 13.8 Å². The summed E-state index contributed by atoms with van der Waals surface area (Å²) in [7, 11) is 0. The maximum atomic E-state index is 9.59. The van der Waals surface area contributed by atoms with E-state index < -0.39 is 0 Å². The Kier molecular flexibility index (Phi) is 15.5. The van der Waals surface area contributed by atoms with Crippen LogP contribution in [0.25, 0.3) is 0 Å². The number of hydrogen-bond acceptors (Lipinski definition) is 2. The summed E-state index contributed by atoms with van der Waals surface area (Å²) >= 11 is 0. The molecule has 0 amide bonds. The molecule has 0 aliphatic rings. The molecule has 1 rings (SSSR count). The molecule has 0 spiro atoms. The molecular formula is C13H24O2W2. The molecule has 0 bridgehead atoms. The van der Waals surface area contributed by atoms with Crippen LogP contribution in [0.2, 0.25) is 0 Å². The topological polar surface area (TPSA) is 40.5 Å². The van der Waals surface area contributed by atoms with Crippen molar-refractivity contribution in [1.82, 2.24) is 0 Å². The van der Waals surface area contributed by atoms with Gasteiger partial charge in [-0.3, -0.25) is 0 Å². The summed E-state index contributed by atoms with van der Waals surface area (Å²) in [5.41, 5.74) is 0.707. The molecule has 100 valence electrons. The zero-order valence-corrected chi connectivity index (χ0v) is 15.0. The van der Waals surface area contributed by atoms with Crippen molar-refractivity contribution in [2.24, 2.45) is 0 Å². The van der Waals surface area contributed by atoms with Crippen molar-refractivity contribution < 1.29 is 52.3 Å². The van der Waals surface area contributed by atoms with Gasteiger partial charge >= 0.3 is 0 Å². The van der Waals surface area contributed by atoms with Gasteiger partial charge in [-0.1, -0.05) is 35.6 Å². The van der Waals surface area contributed by atoms with Crippen LogP contribution in [0.1, 0.15) is 47.6 Å². The normalized spacial score (nSPS) is 8.88. The van der Waals surface area contributed by atoms with Gasteiger partial charge in [0.2, 0.25) is 0 Å². The molecule has 0 aliphatic carbocycles. The summed E-state index contributed by atoms with van der Waals surface area (Å²) in [5, 5.41) is 18.9. The second-order valence-electron chi connectivity index (χ2n) is 3.94. The first-order valence-electron chi connectivity index (χ1n) is 4.50. The summed E-state index contributed by atoms with van der Waals surface area (Å²) in [4.78, 5) is 0. The van der Waals surface area contributed by atoms with Crippen molar-refractivity contribution in [2.45, 2.75) is 47.5 Å². The Balaban J connectivity index is -0.000000211. The summed E-state index contributed by atoms with van der Waals surface area (Å²) in [6.07, 6.45) is 0.921. The maximum absolute atomic E-state index is 9.59. The number of phenols is 2. The van der Waals surface area contributed by atoms with Gasteiger partial charge in [-0.2, -0.15) is 0 Å². The average Bonchev–Trinajstić information content (AvgIpc) is 2.09. The van der Waals surface area contributed by atoms with E-state index in [2.05, 4.69) is 6.92 Å². The van der Waals surface area contributed by atoms with Gasteiger partial charge in [-0.25, -0.2) is 0 Å². The van der Waals surface area contributed by atoms with E-state index >= 15 is 0 Å². The number of phenolic OH excluding ortho intramolecular Hbond substituents is 2. The maximum Gasteiger partial charge on any atom is 0.119 e. The molecular weight excluding hydrogens is 556 g/mol. The Morgan fingerprint density at radius 1 is 1.06 bits per heavy atom. The summed E-state index contributed by atoms with van der Waals surface area (Å²) in [6.45, 7) is 6.15. The molecule has 4 heteroatoms. The Morgan fingerprint density at radius 2 is 1.53 bits per heavy atom. The van der Waals surface area contributed by atoms with Crippen LogP contribution >= 0.6 is 0 Å². The van der Waals surface area contributed by atoms with E-state index in [-0.39, 0.29) is 73.9 Å². The molecule has 0 fully saturated rings. The Labute approximate surface area is 134 Å². The number of rotatable bonds is 2. The monoisotopic (exact) mass is 580 g/mol. The third-order valence-corrected chi connectivity index (χ3v) is 2.59. The van der Waals surface area contributed by atoms with Crippen LogP contribution in [0.15, 0.2) is 18.2 Å². The van der Waals surface area contributed by atoms with Crippen molar-refractivity contribution in [1.29, 1.82) is 0 Å². The van der Waals surface area contributed by atoms with E-state index in [0.717, 1.165) is 12.0 Å². The molecule has 1 aromatic rings. The van der Waals surface area contributed by atoms with Gasteiger partial charge in [-0.05, 0) is 30.0 Å². The van der Waals surface area contributed by atoms with Gasteiger partial charge in [0.05, 0.1) is 0 Å². The van der Waals surface area contributed by atoms with Gasteiger partial charge < -0.3 is 10.2 Å². The van der Waals surface area contributed by atoms with Gasteiger partial charge in [0.25, 0.3) is 0 Å². The van der Waals surface area contributed by atoms with Crippen molar-refractivity contribution in [3.05, 3.63) is 23.8 Å². The van der Waals surface area contributed by atoms with E-state index in [1.54, 1.807) is 6.07 Å². The molecule has 17 heavy (non-hydrogen) atoms. The van der Waals surface area contributed by atoms with Crippen molar-refractivity contribution in [3.63, 3.8) is 0 Å². The van der Waals surface area contributed by atoms with Gasteiger partial charge in [0.1, 0.15) is 11.5 Å². The summed E-state index contributed by atoms with van der Waals surface area (Å²) < 4.78 is 0. The molecule has 0 aliphatic heterocycles. The Bertz CT molecular complexity index is 312. The molecule has 0 saturated heterocycles. The number of aromatic hydroxyl groups is 2. The van der Waals surface area contributed by atoms with Crippen molar-refractivity contribution >= 4 is 0 Å². The van der Waals surface area contributed by atoms with Crippen LogP contribution in [0.5, 0.6) is 11.5 Å². The SMILES string of the molecule is C.C.CCC(C)(C)c1cc(O)ccc1O.[W].[W]. The van der Waals surface area contributed by atoms with E-state index in [4.69, 9.17) is 0 Å². The molecule has 0 saturated carbocycles. The zero-order valence-electron chi connectivity index (χ0n) is 9.15. The van der Waals surface area contributed by atoms with Crippen LogP contribution in [-0.4, -0.2) is 10.2 Å². The van der Waals surface area contributed by atoms with Crippen LogP contribution in [0.3, 0.4) is 0 Å². The van der Waals surface area contributed by atoms with E-state index in [9.17, 15) is 10.2 Å². The number of hydrogen-bond donors (Lipinski definition) is 2. The van der Waals surface area contributed by atoms with Crippen LogP contribution in [-0.2, 0) is 47.5 Å². The fourth-order valence-electron chi connectivity index (χ4n) is 1.26. The second-order valence-corrected chi connectivity index (χ2v) is 3.94. The fraction of sp³-hybridized carbons (Fsp3) is 0.538. The second kappa shape index (κ2) is 10.2. The van der Waals surface area contributed by atoms with Crippen LogP contribution in [0.4, 0.5) is 0 Å². The third-order valence-electron chi connectivity index (χ3n) is 2.59. The molecule has 2 nitrogen and oxygen atoms in total. The summed E-state index contributed by atoms with van der Waals surface area (Å²) in [6, 6.07) is 4.64. The predicted molar refractivity (Wildman–Crippen MR) is 66.6 cm³/mol. The first kappa shape index (κ1) is 25.9. The smallest absolute Gasteiger partial charge is 0.119 e. The predicted octanol–water partition coefficient (Wildman–Crippen LogP) is 4.05. The van der Waals surface area contributed by atoms with E-state index in [1.165, 1.54) is 12.1 Å². The third kappa shape index (κ3) is 6.63. The molecule has 0 aromatic heterocycles. The molecule has 0 unspecified atom stereocenters.